The van der Waals surface area contributed by atoms with Gasteiger partial charge in [0.2, 0.25) is 0 Å². The monoisotopic (exact) mass is 372 g/mol. The molecule has 0 saturated heterocycles. The maximum Gasteiger partial charge on any atom is 0.263 e. The van der Waals surface area contributed by atoms with E-state index in [-0.39, 0.29) is 5.75 Å². The smallest absolute Gasteiger partial charge is 0.263 e. The van der Waals surface area contributed by atoms with Gasteiger partial charge in [0.15, 0.2) is 5.82 Å². The van der Waals surface area contributed by atoms with Gasteiger partial charge in [0.25, 0.3) is 5.95 Å². The van der Waals surface area contributed by atoms with Crippen LogP contribution >= 0.6 is 22.6 Å². The zero-order valence-corrected chi connectivity index (χ0v) is 12.4. The molecule has 0 unspecified atom stereocenters. The van der Waals surface area contributed by atoms with Gasteiger partial charge in [-0.3, -0.25) is 0 Å². The van der Waals surface area contributed by atoms with Crippen LogP contribution in [-0.4, -0.2) is 26.2 Å². The van der Waals surface area contributed by atoms with Gasteiger partial charge in [-0.15, -0.1) is 10.2 Å². The Kier molecular flexibility index (Phi) is 4.20. The first-order valence-electron chi connectivity index (χ1n) is 5.58. The standard InChI is InChI=1S/C11H13IN6O/c1-2-10-15-17-11(18(10)13)16-14-6-7-5-8(12)3-4-9(7)19/h3-6,19H,2,13H2,1H3,(H,16,17)/b14-6-. The highest BCUT2D eigenvalue weighted by atomic mass is 127. The lowest BCUT2D eigenvalue weighted by Gasteiger charge is -2.01. The number of nitrogens with zero attached hydrogens (tertiary/aromatic N) is 4. The Morgan fingerprint density at radius 3 is 3.00 bits per heavy atom. The summed E-state index contributed by atoms with van der Waals surface area (Å²) < 4.78 is 2.35. The first kappa shape index (κ1) is 13.6. The van der Waals surface area contributed by atoms with Crippen molar-refractivity contribution in [3.8, 4) is 5.75 Å². The quantitative estimate of drug-likeness (QED) is 0.325. The second-order valence-corrected chi connectivity index (χ2v) is 4.98. The second-order valence-electron chi connectivity index (χ2n) is 3.74. The van der Waals surface area contributed by atoms with Crippen molar-refractivity contribution < 1.29 is 5.11 Å². The van der Waals surface area contributed by atoms with Crippen LogP contribution in [0, 0.1) is 3.57 Å². The number of nitrogen functional groups attached to an aromatic ring is 1. The lowest BCUT2D eigenvalue weighted by Crippen LogP contribution is -2.14. The van der Waals surface area contributed by atoms with E-state index in [0.29, 0.717) is 23.8 Å². The van der Waals surface area contributed by atoms with Gasteiger partial charge in [0, 0.05) is 15.6 Å². The number of phenolic OH excluding ortho intramolecular Hbond substituents is 1. The molecule has 7 nitrogen and oxygen atoms in total. The van der Waals surface area contributed by atoms with Crippen LogP contribution in [0.15, 0.2) is 23.3 Å². The van der Waals surface area contributed by atoms with E-state index >= 15 is 0 Å². The number of phenols is 1. The van der Waals surface area contributed by atoms with Crippen molar-refractivity contribution in [1.29, 1.82) is 0 Å². The molecule has 100 valence electrons. The first-order valence-corrected chi connectivity index (χ1v) is 6.66. The van der Waals surface area contributed by atoms with Crippen LogP contribution in [0.3, 0.4) is 0 Å². The number of nitrogens with one attached hydrogen (secondary N) is 1. The number of halogens is 1. The van der Waals surface area contributed by atoms with Crippen LogP contribution in [-0.2, 0) is 6.42 Å². The van der Waals surface area contributed by atoms with Gasteiger partial charge < -0.3 is 10.9 Å². The molecule has 0 aliphatic carbocycles. The Labute approximate surface area is 123 Å². The number of hydrogen-bond acceptors (Lipinski definition) is 6. The molecule has 0 amide bonds. The number of benzene rings is 1. The molecule has 0 radical (unpaired) electrons. The maximum atomic E-state index is 9.65. The summed E-state index contributed by atoms with van der Waals surface area (Å²) in [6.07, 6.45) is 2.18. The highest BCUT2D eigenvalue weighted by Gasteiger charge is 2.06. The maximum absolute atomic E-state index is 9.65. The largest absolute Gasteiger partial charge is 0.507 e. The number of aryl methyl sites for hydroxylation is 1. The van der Waals surface area contributed by atoms with Crippen molar-refractivity contribution >= 4 is 34.8 Å². The summed E-state index contributed by atoms with van der Waals surface area (Å²) in [5.41, 5.74) is 3.29. The molecule has 0 aliphatic rings. The summed E-state index contributed by atoms with van der Waals surface area (Å²) in [4.78, 5) is 0. The zero-order chi connectivity index (χ0) is 13.8. The summed E-state index contributed by atoms with van der Waals surface area (Å²) in [5, 5.41) is 21.4. The number of rotatable bonds is 4. The fourth-order valence-electron chi connectivity index (χ4n) is 1.43. The van der Waals surface area contributed by atoms with Gasteiger partial charge in [-0.25, -0.2) is 10.1 Å². The van der Waals surface area contributed by atoms with Crippen molar-refractivity contribution in [2.45, 2.75) is 13.3 Å². The van der Waals surface area contributed by atoms with Crippen molar-refractivity contribution in [2.24, 2.45) is 5.10 Å². The van der Waals surface area contributed by atoms with Gasteiger partial charge in [-0.05, 0) is 40.8 Å². The van der Waals surface area contributed by atoms with Crippen LogP contribution in [0.25, 0.3) is 0 Å². The molecule has 0 bridgehead atoms. The summed E-state index contributed by atoms with van der Waals surface area (Å²) >= 11 is 2.16. The van der Waals surface area contributed by atoms with E-state index in [1.807, 2.05) is 19.1 Å². The molecular weight excluding hydrogens is 359 g/mol. The zero-order valence-electron chi connectivity index (χ0n) is 10.2. The Morgan fingerprint density at radius 1 is 1.53 bits per heavy atom. The minimum atomic E-state index is 0.162. The van der Waals surface area contributed by atoms with Crippen LogP contribution in [0.5, 0.6) is 5.75 Å². The molecular formula is C11H13IN6O. The predicted molar refractivity (Wildman–Crippen MR) is 81.6 cm³/mol. The van der Waals surface area contributed by atoms with Gasteiger partial charge >= 0.3 is 0 Å². The molecule has 0 spiro atoms. The number of aromatic nitrogens is 3. The van der Waals surface area contributed by atoms with Gasteiger partial charge in [0.1, 0.15) is 5.75 Å². The van der Waals surface area contributed by atoms with E-state index in [4.69, 9.17) is 5.84 Å². The molecule has 8 heteroatoms. The van der Waals surface area contributed by atoms with E-state index < -0.39 is 0 Å². The highest BCUT2D eigenvalue weighted by Crippen LogP contribution is 2.17. The summed E-state index contributed by atoms with van der Waals surface area (Å²) in [7, 11) is 0. The lowest BCUT2D eigenvalue weighted by atomic mass is 10.2. The van der Waals surface area contributed by atoms with Crippen LogP contribution in [0.1, 0.15) is 18.3 Å². The van der Waals surface area contributed by atoms with Gasteiger partial charge in [-0.1, -0.05) is 6.92 Å². The van der Waals surface area contributed by atoms with Crippen LogP contribution < -0.4 is 11.3 Å². The third-order valence-electron chi connectivity index (χ3n) is 2.44. The van der Waals surface area contributed by atoms with E-state index in [1.165, 1.54) is 10.9 Å². The molecule has 1 aromatic carbocycles. The minimum Gasteiger partial charge on any atom is -0.507 e. The van der Waals surface area contributed by atoms with Crippen molar-refractivity contribution in [3.63, 3.8) is 0 Å². The molecule has 2 rings (SSSR count). The average Bonchev–Trinajstić information content (AvgIpc) is 2.75. The van der Waals surface area contributed by atoms with Crippen LogP contribution in [0.4, 0.5) is 5.95 Å². The Balaban J connectivity index is 2.11. The van der Waals surface area contributed by atoms with Gasteiger partial charge in [-0.2, -0.15) is 5.10 Å². The molecule has 2 aromatic rings. The fraction of sp³-hybridized carbons (Fsp3) is 0.182. The lowest BCUT2D eigenvalue weighted by molar-refractivity contribution is 0.474. The van der Waals surface area contributed by atoms with E-state index in [2.05, 4.69) is 43.3 Å². The first-order chi connectivity index (χ1) is 9.11. The molecule has 1 heterocycles. The predicted octanol–water partition coefficient (Wildman–Crippen LogP) is 1.31. The molecule has 0 fully saturated rings. The summed E-state index contributed by atoms with van der Waals surface area (Å²) in [6.45, 7) is 1.93. The average molecular weight is 372 g/mol. The van der Waals surface area contributed by atoms with Crippen molar-refractivity contribution in [2.75, 3.05) is 11.3 Å². The van der Waals surface area contributed by atoms with E-state index in [1.54, 1.807) is 6.07 Å². The molecule has 1 aromatic heterocycles. The van der Waals surface area contributed by atoms with Crippen molar-refractivity contribution in [3.05, 3.63) is 33.2 Å². The fourth-order valence-corrected chi connectivity index (χ4v) is 1.94. The Bertz CT molecular complexity index is 609. The minimum absolute atomic E-state index is 0.162. The number of hydrogen-bond donors (Lipinski definition) is 3. The topological polar surface area (TPSA) is 101 Å². The number of hydrazone groups is 1. The van der Waals surface area contributed by atoms with Crippen LogP contribution in [0.2, 0.25) is 0 Å². The number of anilines is 1. The van der Waals surface area contributed by atoms with E-state index in [0.717, 1.165) is 3.57 Å². The highest BCUT2D eigenvalue weighted by molar-refractivity contribution is 14.1. The molecule has 19 heavy (non-hydrogen) atoms. The normalized spacial score (nSPS) is 11.1. The SMILES string of the molecule is CCc1nnc(N/N=C\c2cc(I)ccc2O)n1N. The summed E-state index contributed by atoms with van der Waals surface area (Å²) in [5.74, 6) is 6.92. The number of nitrogens with two attached hydrogens (primary N) is 1. The third kappa shape index (κ3) is 3.13. The number of aromatic hydroxyl groups is 1. The Hall–Kier alpha value is -1.84. The molecule has 0 atom stereocenters. The Morgan fingerprint density at radius 2 is 2.32 bits per heavy atom. The molecule has 0 aliphatic heterocycles. The molecule has 4 N–H and O–H groups in total. The molecule has 0 saturated carbocycles. The second kappa shape index (κ2) is 5.87. The van der Waals surface area contributed by atoms with Gasteiger partial charge in [0.05, 0.1) is 6.21 Å². The third-order valence-corrected chi connectivity index (χ3v) is 3.11. The summed E-state index contributed by atoms with van der Waals surface area (Å²) in [6, 6.07) is 5.24. The van der Waals surface area contributed by atoms with E-state index in [9.17, 15) is 5.11 Å². The van der Waals surface area contributed by atoms with Crippen molar-refractivity contribution in [1.82, 2.24) is 14.9 Å².